The molecule has 2 saturated heterocycles. The van der Waals surface area contributed by atoms with E-state index in [0.717, 1.165) is 31.9 Å². The van der Waals surface area contributed by atoms with Gasteiger partial charge >= 0.3 is 0 Å². The molecule has 0 bridgehead atoms. The van der Waals surface area contributed by atoms with Crippen LogP contribution in [0.5, 0.6) is 0 Å². The van der Waals surface area contributed by atoms with E-state index in [0.29, 0.717) is 5.92 Å². The SMILES string of the molecule is Fc1ccc(C2(C3CNC3)COC2)cc1Cl. The van der Waals surface area contributed by atoms with Crippen LogP contribution in [-0.4, -0.2) is 26.3 Å². The molecule has 2 fully saturated rings. The summed E-state index contributed by atoms with van der Waals surface area (Å²) in [6, 6.07) is 5.03. The quantitative estimate of drug-likeness (QED) is 0.855. The minimum Gasteiger partial charge on any atom is -0.379 e. The fourth-order valence-electron chi connectivity index (χ4n) is 2.45. The number of nitrogens with one attached hydrogen (secondary N) is 1. The third-order valence-corrected chi connectivity index (χ3v) is 4.07. The van der Waals surface area contributed by atoms with Gasteiger partial charge in [0.05, 0.1) is 18.2 Å². The fourth-order valence-corrected chi connectivity index (χ4v) is 2.63. The van der Waals surface area contributed by atoms with Crippen molar-refractivity contribution in [1.29, 1.82) is 0 Å². The van der Waals surface area contributed by atoms with Gasteiger partial charge in [-0.15, -0.1) is 0 Å². The van der Waals surface area contributed by atoms with Gasteiger partial charge in [0.25, 0.3) is 0 Å². The second-order valence-electron chi connectivity index (χ2n) is 4.63. The molecule has 0 aliphatic carbocycles. The lowest BCUT2D eigenvalue weighted by molar-refractivity contribution is -0.101. The van der Waals surface area contributed by atoms with Crippen LogP contribution in [0.25, 0.3) is 0 Å². The third kappa shape index (κ3) is 1.39. The third-order valence-electron chi connectivity index (χ3n) is 3.78. The number of halogens is 2. The van der Waals surface area contributed by atoms with Gasteiger partial charge in [0.1, 0.15) is 5.82 Å². The standard InChI is InChI=1S/C12H13ClFNO/c13-10-3-8(1-2-11(10)14)12(6-16-7-12)9-4-15-5-9/h1-3,9,15H,4-7H2. The zero-order chi connectivity index (χ0) is 11.2. The average Bonchev–Trinajstić information content (AvgIpc) is 2.13. The van der Waals surface area contributed by atoms with E-state index in [1.807, 2.05) is 6.07 Å². The summed E-state index contributed by atoms with van der Waals surface area (Å²) in [6.45, 7) is 3.47. The van der Waals surface area contributed by atoms with E-state index in [4.69, 9.17) is 16.3 Å². The molecular weight excluding hydrogens is 229 g/mol. The first kappa shape index (κ1) is 10.5. The minimum atomic E-state index is -0.354. The minimum absolute atomic E-state index is 0.0581. The van der Waals surface area contributed by atoms with E-state index in [-0.39, 0.29) is 16.3 Å². The maximum Gasteiger partial charge on any atom is 0.141 e. The van der Waals surface area contributed by atoms with Crippen LogP contribution in [0.15, 0.2) is 18.2 Å². The Morgan fingerprint density at radius 1 is 1.38 bits per heavy atom. The summed E-state index contributed by atoms with van der Waals surface area (Å²) in [6.07, 6.45) is 0. The van der Waals surface area contributed by atoms with Gasteiger partial charge in [0.2, 0.25) is 0 Å². The summed E-state index contributed by atoms with van der Waals surface area (Å²) >= 11 is 5.84. The van der Waals surface area contributed by atoms with Crippen LogP contribution >= 0.6 is 11.6 Å². The zero-order valence-electron chi connectivity index (χ0n) is 8.80. The second kappa shape index (κ2) is 3.69. The van der Waals surface area contributed by atoms with Crippen molar-refractivity contribution in [1.82, 2.24) is 5.32 Å². The second-order valence-corrected chi connectivity index (χ2v) is 5.04. The molecule has 1 aromatic rings. The summed E-state index contributed by atoms with van der Waals surface area (Å²) in [4.78, 5) is 0. The fraction of sp³-hybridized carbons (Fsp3) is 0.500. The van der Waals surface area contributed by atoms with Gasteiger partial charge in [-0.05, 0) is 23.6 Å². The average molecular weight is 242 g/mol. The molecule has 0 saturated carbocycles. The van der Waals surface area contributed by atoms with E-state index >= 15 is 0 Å². The molecule has 2 heterocycles. The number of rotatable bonds is 2. The van der Waals surface area contributed by atoms with Crippen LogP contribution in [0.3, 0.4) is 0 Å². The Hall–Kier alpha value is -0.640. The molecule has 0 spiro atoms. The Bertz CT molecular complexity index is 415. The molecular formula is C12H13ClFNO. The van der Waals surface area contributed by atoms with Crippen molar-refractivity contribution in [2.24, 2.45) is 5.92 Å². The first-order valence-corrected chi connectivity index (χ1v) is 5.84. The molecule has 1 N–H and O–H groups in total. The smallest absolute Gasteiger partial charge is 0.141 e. The molecule has 86 valence electrons. The summed E-state index contributed by atoms with van der Waals surface area (Å²) in [5, 5.41) is 3.47. The van der Waals surface area contributed by atoms with Crippen molar-refractivity contribution < 1.29 is 9.13 Å². The highest BCUT2D eigenvalue weighted by Crippen LogP contribution is 2.42. The summed E-state index contributed by atoms with van der Waals surface area (Å²) in [7, 11) is 0. The Labute approximate surface area is 98.7 Å². The van der Waals surface area contributed by atoms with Gasteiger partial charge in [-0.1, -0.05) is 17.7 Å². The zero-order valence-corrected chi connectivity index (χ0v) is 9.56. The number of benzene rings is 1. The Morgan fingerprint density at radius 2 is 2.12 bits per heavy atom. The van der Waals surface area contributed by atoms with Gasteiger partial charge in [0.15, 0.2) is 0 Å². The van der Waals surface area contributed by atoms with Crippen molar-refractivity contribution >= 4 is 11.6 Å². The molecule has 2 aliphatic heterocycles. The lowest BCUT2D eigenvalue weighted by atomic mass is 9.66. The van der Waals surface area contributed by atoms with Crippen molar-refractivity contribution in [2.45, 2.75) is 5.41 Å². The number of ether oxygens (including phenoxy) is 1. The Morgan fingerprint density at radius 3 is 2.56 bits per heavy atom. The molecule has 16 heavy (non-hydrogen) atoms. The highest BCUT2D eigenvalue weighted by atomic mass is 35.5. The largest absolute Gasteiger partial charge is 0.379 e. The summed E-state index contributed by atoms with van der Waals surface area (Å²) < 4.78 is 18.5. The highest BCUT2D eigenvalue weighted by molar-refractivity contribution is 6.30. The van der Waals surface area contributed by atoms with Crippen LogP contribution in [0, 0.1) is 11.7 Å². The monoisotopic (exact) mass is 241 g/mol. The van der Waals surface area contributed by atoms with Gasteiger partial charge in [-0.3, -0.25) is 0 Å². The molecule has 0 radical (unpaired) electrons. The maximum atomic E-state index is 13.1. The first-order valence-electron chi connectivity index (χ1n) is 5.46. The Kier molecular flexibility index (Phi) is 2.42. The van der Waals surface area contributed by atoms with E-state index in [1.54, 1.807) is 6.07 Å². The van der Waals surface area contributed by atoms with Crippen molar-refractivity contribution in [3.05, 3.63) is 34.6 Å². The van der Waals surface area contributed by atoms with E-state index in [9.17, 15) is 4.39 Å². The molecule has 0 aromatic heterocycles. The summed E-state index contributed by atoms with van der Waals surface area (Å²) in [5.74, 6) is 0.232. The molecule has 2 nitrogen and oxygen atoms in total. The van der Waals surface area contributed by atoms with E-state index in [1.165, 1.54) is 6.07 Å². The summed E-state index contributed by atoms with van der Waals surface area (Å²) in [5.41, 5.74) is 1.17. The predicted molar refractivity (Wildman–Crippen MR) is 60.3 cm³/mol. The Balaban J connectivity index is 1.96. The molecule has 4 heteroatoms. The number of hydrogen-bond acceptors (Lipinski definition) is 2. The van der Waals surface area contributed by atoms with Crippen LogP contribution < -0.4 is 5.32 Å². The van der Waals surface area contributed by atoms with Crippen molar-refractivity contribution in [3.8, 4) is 0 Å². The first-order chi connectivity index (χ1) is 7.72. The van der Waals surface area contributed by atoms with Gasteiger partial charge in [0, 0.05) is 18.5 Å². The van der Waals surface area contributed by atoms with Gasteiger partial charge < -0.3 is 10.1 Å². The van der Waals surface area contributed by atoms with Gasteiger partial charge in [-0.25, -0.2) is 4.39 Å². The van der Waals surface area contributed by atoms with Crippen molar-refractivity contribution in [2.75, 3.05) is 26.3 Å². The van der Waals surface area contributed by atoms with Crippen LogP contribution in [0.1, 0.15) is 5.56 Å². The van der Waals surface area contributed by atoms with E-state index in [2.05, 4.69) is 5.32 Å². The number of hydrogen-bond donors (Lipinski definition) is 1. The molecule has 0 atom stereocenters. The van der Waals surface area contributed by atoms with Crippen LogP contribution in [0.2, 0.25) is 5.02 Å². The molecule has 1 aromatic carbocycles. The predicted octanol–water partition coefficient (Wildman–Crippen LogP) is 1.97. The molecule has 0 amide bonds. The normalized spacial score (nSPS) is 23.6. The van der Waals surface area contributed by atoms with Crippen LogP contribution in [0.4, 0.5) is 4.39 Å². The lowest BCUT2D eigenvalue weighted by Gasteiger charge is -2.51. The molecule has 3 rings (SSSR count). The topological polar surface area (TPSA) is 21.3 Å². The van der Waals surface area contributed by atoms with Gasteiger partial charge in [-0.2, -0.15) is 0 Å². The lowest BCUT2D eigenvalue weighted by Crippen LogP contribution is -2.62. The maximum absolute atomic E-state index is 13.1. The molecule has 2 aliphatic rings. The highest BCUT2D eigenvalue weighted by Gasteiger charge is 2.49. The molecule has 0 unspecified atom stereocenters. The van der Waals surface area contributed by atoms with E-state index < -0.39 is 0 Å². The van der Waals surface area contributed by atoms with Crippen molar-refractivity contribution in [3.63, 3.8) is 0 Å². The van der Waals surface area contributed by atoms with Crippen LogP contribution in [-0.2, 0) is 10.2 Å².